The van der Waals surface area contributed by atoms with Crippen LogP contribution in [0.25, 0.3) is 0 Å². The molecule has 2 aromatic carbocycles. The lowest BCUT2D eigenvalue weighted by Gasteiger charge is -2.32. The second kappa shape index (κ2) is 12.2. The second-order valence-electron chi connectivity index (χ2n) is 10.3. The minimum atomic E-state index is -3.75. The molecule has 0 bridgehead atoms. The summed E-state index contributed by atoms with van der Waals surface area (Å²) >= 11 is -1.80. The van der Waals surface area contributed by atoms with Gasteiger partial charge >= 0.3 is 0 Å². The fourth-order valence-electron chi connectivity index (χ4n) is 5.05. The van der Waals surface area contributed by atoms with Crippen molar-refractivity contribution in [2.75, 3.05) is 47.6 Å². The van der Waals surface area contributed by atoms with E-state index in [2.05, 4.69) is 30.6 Å². The van der Waals surface area contributed by atoms with Crippen molar-refractivity contribution in [2.45, 2.75) is 49.3 Å². The van der Waals surface area contributed by atoms with Crippen LogP contribution in [-0.4, -0.2) is 65.2 Å². The Morgan fingerprint density at radius 3 is 2.56 bits per heavy atom. The van der Waals surface area contributed by atoms with Crippen molar-refractivity contribution in [3.63, 3.8) is 0 Å². The first-order chi connectivity index (χ1) is 19.6. The number of hydrogen-bond donors (Lipinski definition) is 5. The summed E-state index contributed by atoms with van der Waals surface area (Å²) < 4.78 is 55.2. The van der Waals surface area contributed by atoms with Gasteiger partial charge in [-0.05, 0) is 57.4 Å². The maximum Gasteiger partial charge on any atom is 0.242 e. The molecule has 1 fully saturated rings. The molecule has 2 aliphatic rings. The molecule has 1 saturated heterocycles. The largest absolute Gasteiger partial charge is 0.494 e. The number of sulfonamides is 1. The summed E-state index contributed by atoms with van der Waals surface area (Å²) in [4.78, 5) is 11.7. The number of anilines is 6. The minimum absolute atomic E-state index is 0.132. The molecule has 3 heterocycles. The van der Waals surface area contributed by atoms with E-state index in [1.165, 1.54) is 0 Å². The molecule has 220 valence electrons. The van der Waals surface area contributed by atoms with Gasteiger partial charge in [0.1, 0.15) is 22.3 Å². The van der Waals surface area contributed by atoms with Crippen LogP contribution in [-0.2, 0) is 27.5 Å². The summed E-state index contributed by atoms with van der Waals surface area (Å²) in [6.07, 6.45) is 1.99. The summed E-state index contributed by atoms with van der Waals surface area (Å²) in [6.45, 7) is 5.61. The molecule has 5 N–H and O–H groups in total. The zero-order chi connectivity index (χ0) is 29.1. The standard InChI is InChI=1S/C27H35N7O5S2/c1-17(2)33-41(37,38)24-7-5-4-6-22(24)29-26-20-10-13-28-25(20)31-27(32-26)30-21-9-8-18(16-23(21)39-3)34-14-11-19(12-15-34)40(35)36/h4-9,16-17,19,33H,10-15H2,1-3H3,(H,35,36)(H3,28,29,30,31,32). The van der Waals surface area contributed by atoms with Gasteiger partial charge in [0.05, 0.1) is 23.7 Å². The lowest BCUT2D eigenvalue weighted by atomic mass is 10.1. The third kappa shape index (κ3) is 6.56. The van der Waals surface area contributed by atoms with E-state index in [0.29, 0.717) is 73.6 Å². The van der Waals surface area contributed by atoms with Crippen molar-refractivity contribution in [1.29, 1.82) is 0 Å². The molecule has 2 aliphatic heterocycles. The van der Waals surface area contributed by atoms with Crippen LogP contribution in [0.2, 0.25) is 0 Å². The molecule has 1 unspecified atom stereocenters. The number of para-hydroxylation sites is 1. The number of benzene rings is 2. The molecule has 0 saturated carbocycles. The van der Waals surface area contributed by atoms with E-state index in [9.17, 15) is 17.2 Å². The highest BCUT2D eigenvalue weighted by Gasteiger charge is 2.25. The van der Waals surface area contributed by atoms with Gasteiger partial charge in [0, 0.05) is 43.0 Å². The molecule has 41 heavy (non-hydrogen) atoms. The number of rotatable bonds is 10. The third-order valence-electron chi connectivity index (χ3n) is 7.02. The summed E-state index contributed by atoms with van der Waals surface area (Å²) in [6, 6.07) is 12.3. The molecule has 0 amide bonds. The lowest BCUT2D eigenvalue weighted by molar-refractivity contribution is 0.416. The van der Waals surface area contributed by atoms with Crippen molar-refractivity contribution in [3.8, 4) is 5.75 Å². The molecule has 1 aromatic heterocycles. The summed E-state index contributed by atoms with van der Waals surface area (Å²) in [5, 5.41) is 9.58. The van der Waals surface area contributed by atoms with Crippen LogP contribution in [0.5, 0.6) is 5.75 Å². The van der Waals surface area contributed by atoms with Gasteiger partial charge in [-0.25, -0.2) is 17.3 Å². The predicted molar refractivity (Wildman–Crippen MR) is 162 cm³/mol. The Morgan fingerprint density at radius 2 is 1.85 bits per heavy atom. The van der Waals surface area contributed by atoms with Gasteiger partial charge in [-0.15, -0.1) is 0 Å². The van der Waals surface area contributed by atoms with E-state index in [-0.39, 0.29) is 16.2 Å². The molecular weight excluding hydrogens is 566 g/mol. The topological polar surface area (TPSA) is 158 Å². The van der Waals surface area contributed by atoms with Gasteiger partial charge in [-0.1, -0.05) is 12.1 Å². The fourth-order valence-corrected chi connectivity index (χ4v) is 7.08. The Morgan fingerprint density at radius 1 is 1.10 bits per heavy atom. The molecule has 1 atom stereocenters. The number of aromatic nitrogens is 2. The van der Waals surface area contributed by atoms with E-state index in [4.69, 9.17) is 9.72 Å². The average Bonchev–Trinajstić information content (AvgIpc) is 3.42. The van der Waals surface area contributed by atoms with Gasteiger partial charge in [-0.2, -0.15) is 9.97 Å². The van der Waals surface area contributed by atoms with Gasteiger partial charge in [0.2, 0.25) is 16.0 Å². The Kier molecular flexibility index (Phi) is 8.63. The average molecular weight is 602 g/mol. The minimum Gasteiger partial charge on any atom is -0.494 e. The fraction of sp³-hybridized carbons (Fsp3) is 0.407. The highest BCUT2D eigenvalue weighted by Crippen LogP contribution is 2.36. The van der Waals surface area contributed by atoms with E-state index in [1.807, 2.05) is 18.2 Å². The summed E-state index contributed by atoms with van der Waals surface area (Å²) in [5.41, 5.74) is 2.90. The Balaban J connectivity index is 1.41. The van der Waals surface area contributed by atoms with Crippen molar-refractivity contribution >= 4 is 55.7 Å². The van der Waals surface area contributed by atoms with Crippen molar-refractivity contribution < 1.29 is 21.9 Å². The van der Waals surface area contributed by atoms with Crippen LogP contribution in [0, 0.1) is 0 Å². The quantitative estimate of drug-likeness (QED) is 0.215. The SMILES string of the molecule is COc1cc(N2CCC(S(=O)O)CC2)ccc1Nc1nc2c(c(Nc3ccccc3S(=O)(=O)NC(C)C)n1)CCN2. The van der Waals surface area contributed by atoms with Crippen LogP contribution in [0.4, 0.5) is 34.6 Å². The smallest absolute Gasteiger partial charge is 0.242 e. The molecule has 3 aromatic rings. The van der Waals surface area contributed by atoms with Crippen molar-refractivity contribution in [3.05, 3.63) is 48.0 Å². The van der Waals surface area contributed by atoms with E-state index < -0.39 is 21.1 Å². The van der Waals surface area contributed by atoms with Crippen molar-refractivity contribution in [2.24, 2.45) is 0 Å². The molecule has 0 radical (unpaired) electrons. The van der Waals surface area contributed by atoms with Gasteiger partial charge < -0.3 is 30.1 Å². The molecule has 0 aliphatic carbocycles. The first-order valence-corrected chi connectivity index (χ1v) is 16.1. The second-order valence-corrected chi connectivity index (χ2v) is 13.2. The zero-order valence-corrected chi connectivity index (χ0v) is 24.8. The normalized spacial score (nSPS) is 16.3. The van der Waals surface area contributed by atoms with Crippen LogP contribution in [0.15, 0.2) is 47.4 Å². The summed E-state index contributed by atoms with van der Waals surface area (Å²) in [7, 11) is -2.16. The predicted octanol–water partition coefficient (Wildman–Crippen LogP) is 3.82. The number of methoxy groups -OCH3 is 1. The Labute approximate surface area is 242 Å². The number of ether oxygens (including phenoxy) is 1. The summed E-state index contributed by atoms with van der Waals surface area (Å²) in [5.74, 6) is 2.09. The highest BCUT2D eigenvalue weighted by molar-refractivity contribution is 7.89. The molecular formula is C27H35N7O5S2. The van der Waals surface area contributed by atoms with Crippen molar-refractivity contribution in [1.82, 2.24) is 14.7 Å². The Bertz CT molecular complexity index is 1540. The first-order valence-electron chi connectivity index (χ1n) is 13.5. The van der Waals surface area contributed by atoms with Crippen LogP contribution >= 0.6 is 0 Å². The maximum atomic E-state index is 13.0. The van der Waals surface area contributed by atoms with E-state index in [0.717, 1.165) is 11.3 Å². The highest BCUT2D eigenvalue weighted by atomic mass is 32.2. The zero-order valence-electron chi connectivity index (χ0n) is 23.2. The van der Waals surface area contributed by atoms with Gasteiger partial charge in [0.15, 0.2) is 11.1 Å². The number of hydrogen-bond acceptors (Lipinski definition) is 10. The van der Waals surface area contributed by atoms with Gasteiger partial charge in [0.25, 0.3) is 0 Å². The van der Waals surface area contributed by atoms with E-state index >= 15 is 0 Å². The Hall–Kier alpha value is -3.46. The lowest BCUT2D eigenvalue weighted by Crippen LogP contribution is -2.37. The molecule has 5 rings (SSSR count). The molecule has 12 nitrogen and oxygen atoms in total. The van der Waals surface area contributed by atoms with Crippen LogP contribution in [0.1, 0.15) is 32.3 Å². The van der Waals surface area contributed by atoms with E-state index in [1.54, 1.807) is 45.2 Å². The number of piperidine rings is 1. The number of fused-ring (bicyclic) bond motifs is 1. The third-order valence-corrected chi connectivity index (χ3v) is 9.78. The molecule has 14 heteroatoms. The maximum absolute atomic E-state index is 13.0. The van der Waals surface area contributed by atoms with Crippen LogP contribution in [0.3, 0.4) is 0 Å². The monoisotopic (exact) mass is 601 g/mol. The van der Waals surface area contributed by atoms with Crippen LogP contribution < -0.4 is 30.3 Å². The van der Waals surface area contributed by atoms with Gasteiger partial charge in [-0.3, -0.25) is 0 Å². The number of nitrogens with zero attached hydrogens (tertiary/aromatic N) is 3. The molecule has 0 spiro atoms. The number of nitrogens with one attached hydrogen (secondary N) is 4. The first kappa shape index (κ1) is 29.0.